The molecule has 0 aliphatic carbocycles. The van der Waals surface area contributed by atoms with Gasteiger partial charge in [-0.15, -0.1) is 18.3 Å². The SMILES string of the molecule is Cc1ccccc1NC(=S)N/N=C/c1ccc(-c2ncn(-c3ccc(OC(F)(F)F)cc3)n2)cc1. The van der Waals surface area contributed by atoms with Crippen LogP contribution in [0.25, 0.3) is 17.1 Å². The molecule has 0 aliphatic rings. The quantitative estimate of drug-likeness (QED) is 0.210. The summed E-state index contributed by atoms with van der Waals surface area (Å²) >= 11 is 5.26. The minimum absolute atomic E-state index is 0.306. The summed E-state index contributed by atoms with van der Waals surface area (Å²) in [6, 6.07) is 20.5. The average Bonchev–Trinajstić information content (AvgIpc) is 3.31. The fourth-order valence-corrected chi connectivity index (χ4v) is 3.23. The molecular weight excluding hydrogens is 477 g/mol. The summed E-state index contributed by atoms with van der Waals surface area (Å²) < 4.78 is 42.3. The van der Waals surface area contributed by atoms with Crippen molar-refractivity contribution in [3.05, 3.63) is 90.3 Å². The maximum atomic E-state index is 12.3. The molecular formula is C24H19F3N6OS. The number of rotatable bonds is 6. The Hall–Kier alpha value is -4.25. The number of hydrogen-bond donors (Lipinski definition) is 2. The van der Waals surface area contributed by atoms with Crippen molar-refractivity contribution in [2.75, 3.05) is 5.32 Å². The smallest absolute Gasteiger partial charge is 0.406 e. The first-order chi connectivity index (χ1) is 16.8. The van der Waals surface area contributed by atoms with Crippen LogP contribution < -0.4 is 15.5 Å². The Labute approximate surface area is 204 Å². The Morgan fingerprint density at radius 2 is 1.74 bits per heavy atom. The molecule has 0 radical (unpaired) electrons. The van der Waals surface area contributed by atoms with E-state index >= 15 is 0 Å². The summed E-state index contributed by atoms with van der Waals surface area (Å²) in [6.07, 6.45) is -1.62. The van der Waals surface area contributed by atoms with Crippen LogP contribution in [0.5, 0.6) is 5.75 Å². The highest BCUT2D eigenvalue weighted by atomic mass is 32.1. The lowest BCUT2D eigenvalue weighted by molar-refractivity contribution is -0.274. The van der Waals surface area contributed by atoms with Gasteiger partial charge >= 0.3 is 6.36 Å². The molecule has 35 heavy (non-hydrogen) atoms. The molecule has 0 atom stereocenters. The minimum Gasteiger partial charge on any atom is -0.406 e. The number of thiocarbonyl (C=S) groups is 1. The number of hydrazone groups is 1. The van der Waals surface area contributed by atoms with Crippen LogP contribution in [0.15, 0.2) is 84.2 Å². The highest BCUT2D eigenvalue weighted by Crippen LogP contribution is 2.24. The molecule has 0 aliphatic heterocycles. The van der Waals surface area contributed by atoms with E-state index in [2.05, 4.69) is 30.7 Å². The van der Waals surface area contributed by atoms with Gasteiger partial charge in [-0.1, -0.05) is 42.5 Å². The van der Waals surface area contributed by atoms with Gasteiger partial charge in [0.25, 0.3) is 0 Å². The third-order valence-electron chi connectivity index (χ3n) is 4.77. The van der Waals surface area contributed by atoms with E-state index in [1.54, 1.807) is 6.21 Å². The number of benzene rings is 3. The molecule has 4 aromatic rings. The number of para-hydroxylation sites is 1. The summed E-state index contributed by atoms with van der Waals surface area (Å²) in [6.45, 7) is 1.98. The lowest BCUT2D eigenvalue weighted by atomic mass is 10.1. The van der Waals surface area contributed by atoms with E-state index < -0.39 is 6.36 Å². The van der Waals surface area contributed by atoms with Gasteiger partial charge in [0, 0.05) is 11.3 Å². The molecule has 1 aromatic heterocycles. The predicted molar refractivity (Wildman–Crippen MR) is 132 cm³/mol. The first kappa shape index (κ1) is 23.9. The number of nitrogens with one attached hydrogen (secondary N) is 2. The van der Waals surface area contributed by atoms with Crippen LogP contribution in [0.2, 0.25) is 0 Å². The summed E-state index contributed by atoms with van der Waals surface area (Å²) in [5, 5.41) is 12.0. The van der Waals surface area contributed by atoms with Crippen molar-refractivity contribution >= 4 is 29.2 Å². The van der Waals surface area contributed by atoms with Gasteiger partial charge in [-0.3, -0.25) is 5.43 Å². The molecule has 7 nitrogen and oxygen atoms in total. The summed E-state index contributed by atoms with van der Waals surface area (Å²) in [5.74, 6) is 0.158. The van der Waals surface area contributed by atoms with Crippen molar-refractivity contribution < 1.29 is 17.9 Å². The van der Waals surface area contributed by atoms with Crippen molar-refractivity contribution in [1.82, 2.24) is 20.2 Å². The number of alkyl halides is 3. The van der Waals surface area contributed by atoms with Crippen LogP contribution in [0, 0.1) is 6.92 Å². The zero-order valence-corrected chi connectivity index (χ0v) is 19.1. The number of aryl methyl sites for hydroxylation is 1. The van der Waals surface area contributed by atoms with Crippen LogP contribution in [-0.2, 0) is 0 Å². The molecule has 178 valence electrons. The average molecular weight is 497 g/mol. The van der Waals surface area contributed by atoms with Crippen LogP contribution in [0.1, 0.15) is 11.1 Å². The van der Waals surface area contributed by atoms with Crippen LogP contribution in [0.4, 0.5) is 18.9 Å². The number of anilines is 1. The predicted octanol–water partition coefficient (Wildman–Crippen LogP) is 5.46. The molecule has 3 aromatic carbocycles. The Bertz CT molecular complexity index is 1330. The molecule has 0 saturated carbocycles. The monoisotopic (exact) mass is 496 g/mol. The van der Waals surface area contributed by atoms with Crippen LogP contribution in [0.3, 0.4) is 0 Å². The van der Waals surface area contributed by atoms with E-state index in [1.165, 1.54) is 35.3 Å². The van der Waals surface area contributed by atoms with Crippen molar-refractivity contribution in [2.24, 2.45) is 5.10 Å². The Morgan fingerprint density at radius 1 is 1.03 bits per heavy atom. The lowest BCUT2D eigenvalue weighted by Crippen LogP contribution is -2.24. The number of halogens is 3. The number of aromatic nitrogens is 3. The third kappa shape index (κ3) is 6.64. The molecule has 11 heteroatoms. The first-order valence-corrected chi connectivity index (χ1v) is 10.7. The van der Waals surface area contributed by atoms with Gasteiger partial charge in [-0.05, 0) is 60.6 Å². The van der Waals surface area contributed by atoms with Crippen molar-refractivity contribution in [2.45, 2.75) is 13.3 Å². The van der Waals surface area contributed by atoms with E-state index in [9.17, 15) is 13.2 Å². The van der Waals surface area contributed by atoms with Crippen molar-refractivity contribution in [3.8, 4) is 22.8 Å². The highest BCUT2D eigenvalue weighted by molar-refractivity contribution is 7.80. The number of hydrogen-bond acceptors (Lipinski definition) is 5. The molecule has 4 rings (SSSR count). The number of ether oxygens (including phenoxy) is 1. The second-order valence-electron chi connectivity index (χ2n) is 7.32. The van der Waals surface area contributed by atoms with Crippen LogP contribution >= 0.6 is 12.2 Å². The van der Waals surface area contributed by atoms with Gasteiger partial charge in [0.05, 0.1) is 11.9 Å². The lowest BCUT2D eigenvalue weighted by Gasteiger charge is -2.09. The maximum Gasteiger partial charge on any atom is 0.573 e. The largest absolute Gasteiger partial charge is 0.573 e. The minimum atomic E-state index is -4.74. The zero-order chi connectivity index (χ0) is 24.8. The second kappa shape index (κ2) is 10.3. The normalized spacial score (nSPS) is 11.4. The molecule has 0 spiro atoms. The van der Waals surface area contributed by atoms with E-state index in [0.717, 1.165) is 22.4 Å². The molecule has 0 saturated heterocycles. The molecule has 0 amide bonds. The first-order valence-electron chi connectivity index (χ1n) is 10.3. The third-order valence-corrected chi connectivity index (χ3v) is 4.96. The second-order valence-corrected chi connectivity index (χ2v) is 7.72. The molecule has 0 bridgehead atoms. The maximum absolute atomic E-state index is 12.3. The van der Waals surface area contributed by atoms with Gasteiger partial charge in [0.15, 0.2) is 10.9 Å². The van der Waals surface area contributed by atoms with E-state index in [1.807, 2.05) is 55.5 Å². The van der Waals surface area contributed by atoms with Crippen LogP contribution in [-0.4, -0.2) is 32.5 Å². The standard InChI is InChI=1S/C24H19F3N6OS/c1-16-4-2-3-5-21(16)30-23(35)31-29-14-17-6-8-18(9-7-17)22-28-15-33(32-22)19-10-12-20(13-11-19)34-24(25,26)27/h2-15H,1H3,(H2,30,31,35)/b29-14+. The summed E-state index contributed by atoms with van der Waals surface area (Å²) in [4.78, 5) is 4.28. The van der Waals surface area contributed by atoms with E-state index in [4.69, 9.17) is 12.2 Å². The molecule has 1 heterocycles. The Morgan fingerprint density at radius 3 is 2.43 bits per heavy atom. The molecule has 2 N–H and O–H groups in total. The summed E-state index contributed by atoms with van der Waals surface area (Å²) in [5.41, 5.74) is 6.90. The van der Waals surface area contributed by atoms with E-state index in [-0.39, 0.29) is 5.75 Å². The fraction of sp³-hybridized carbons (Fsp3) is 0.0833. The molecule has 0 fully saturated rings. The Balaban J connectivity index is 1.35. The highest BCUT2D eigenvalue weighted by Gasteiger charge is 2.31. The van der Waals surface area contributed by atoms with Gasteiger partial charge in [-0.2, -0.15) is 5.10 Å². The summed E-state index contributed by atoms with van der Waals surface area (Å²) in [7, 11) is 0. The van der Waals surface area contributed by atoms with Gasteiger partial charge in [-0.25, -0.2) is 9.67 Å². The van der Waals surface area contributed by atoms with Gasteiger partial charge < -0.3 is 10.1 Å². The van der Waals surface area contributed by atoms with Crippen molar-refractivity contribution in [3.63, 3.8) is 0 Å². The van der Waals surface area contributed by atoms with Crippen molar-refractivity contribution in [1.29, 1.82) is 0 Å². The fourth-order valence-electron chi connectivity index (χ4n) is 3.07. The van der Waals surface area contributed by atoms with E-state index in [0.29, 0.717) is 16.6 Å². The topological polar surface area (TPSA) is 76.4 Å². The zero-order valence-electron chi connectivity index (χ0n) is 18.3. The van der Waals surface area contributed by atoms with Gasteiger partial charge in [0.2, 0.25) is 0 Å². The number of nitrogens with zero attached hydrogens (tertiary/aromatic N) is 4. The van der Waals surface area contributed by atoms with Gasteiger partial charge in [0.1, 0.15) is 12.1 Å². The Kier molecular flexibility index (Phi) is 7.06. The molecule has 0 unspecified atom stereocenters.